The third kappa shape index (κ3) is 4.09. The van der Waals surface area contributed by atoms with Gasteiger partial charge in [0, 0.05) is 10.5 Å². The highest BCUT2D eigenvalue weighted by Crippen LogP contribution is 2.30. The maximum absolute atomic E-state index is 13.3. The van der Waals surface area contributed by atoms with Crippen LogP contribution in [0.4, 0.5) is 8.78 Å². The Morgan fingerprint density at radius 1 is 1.18 bits per heavy atom. The molecule has 2 aromatic carbocycles. The van der Waals surface area contributed by atoms with E-state index in [1.165, 1.54) is 28.9 Å². The van der Waals surface area contributed by atoms with Gasteiger partial charge in [0.05, 0.1) is 22.9 Å². The summed E-state index contributed by atoms with van der Waals surface area (Å²) in [5.74, 6) is 0. The lowest BCUT2D eigenvalue weighted by Gasteiger charge is -2.11. The molecule has 0 amide bonds. The number of alkyl halides is 2. The van der Waals surface area contributed by atoms with E-state index in [1.807, 2.05) is 18.4 Å². The van der Waals surface area contributed by atoms with Crippen molar-refractivity contribution in [1.82, 2.24) is 9.78 Å². The first-order valence-electron chi connectivity index (χ1n) is 8.04. The van der Waals surface area contributed by atoms with Crippen LogP contribution in [-0.4, -0.2) is 29.6 Å². The summed E-state index contributed by atoms with van der Waals surface area (Å²) in [4.78, 5) is 0.787. The number of sulfonamides is 1. The Kier molecular flexibility index (Phi) is 5.84. The molecule has 3 aromatic rings. The number of hydrogen-bond acceptors (Lipinski definition) is 5. The van der Waals surface area contributed by atoms with Gasteiger partial charge in [0.2, 0.25) is 10.0 Å². The molecule has 0 fully saturated rings. The van der Waals surface area contributed by atoms with Gasteiger partial charge in [-0.25, -0.2) is 27.0 Å². The van der Waals surface area contributed by atoms with Crippen molar-refractivity contribution < 1.29 is 22.3 Å². The van der Waals surface area contributed by atoms with Gasteiger partial charge in [0.25, 0.3) is 6.43 Å². The van der Waals surface area contributed by atoms with E-state index in [1.54, 1.807) is 23.9 Å². The molecule has 0 radical (unpaired) electrons. The van der Waals surface area contributed by atoms with Gasteiger partial charge in [0.1, 0.15) is 5.69 Å². The van der Waals surface area contributed by atoms with E-state index in [9.17, 15) is 22.3 Å². The summed E-state index contributed by atoms with van der Waals surface area (Å²) in [5, 5.41) is 18.6. The number of thioether (sulfide) groups is 1. The van der Waals surface area contributed by atoms with Gasteiger partial charge in [-0.3, -0.25) is 0 Å². The second-order valence-electron chi connectivity index (χ2n) is 5.89. The molecule has 0 atom stereocenters. The van der Waals surface area contributed by atoms with E-state index in [0.717, 1.165) is 4.90 Å². The van der Waals surface area contributed by atoms with Crippen LogP contribution >= 0.6 is 11.8 Å². The third-order valence-electron chi connectivity index (χ3n) is 4.10. The molecule has 6 nitrogen and oxygen atoms in total. The van der Waals surface area contributed by atoms with Crippen molar-refractivity contribution in [2.24, 2.45) is 5.14 Å². The van der Waals surface area contributed by atoms with Crippen LogP contribution < -0.4 is 5.14 Å². The predicted molar refractivity (Wildman–Crippen MR) is 103 cm³/mol. The number of benzene rings is 2. The monoisotopic (exact) mass is 425 g/mol. The van der Waals surface area contributed by atoms with Gasteiger partial charge in [0.15, 0.2) is 0 Å². The minimum atomic E-state index is -4.03. The summed E-state index contributed by atoms with van der Waals surface area (Å²) >= 11 is 1.55. The number of nitrogens with zero attached hydrogens (tertiary/aromatic N) is 2. The number of hydrogen-bond donors (Lipinski definition) is 2. The Morgan fingerprint density at radius 2 is 1.86 bits per heavy atom. The first kappa shape index (κ1) is 20.5. The second kappa shape index (κ2) is 8.00. The van der Waals surface area contributed by atoms with Crippen molar-refractivity contribution >= 4 is 21.8 Å². The molecule has 28 heavy (non-hydrogen) atoms. The van der Waals surface area contributed by atoms with Crippen LogP contribution in [0.1, 0.15) is 17.7 Å². The largest absolute Gasteiger partial charge is 0.392 e. The highest BCUT2D eigenvalue weighted by Gasteiger charge is 2.20. The topological polar surface area (TPSA) is 98.2 Å². The van der Waals surface area contributed by atoms with Crippen molar-refractivity contribution in [1.29, 1.82) is 0 Å². The highest BCUT2D eigenvalue weighted by molar-refractivity contribution is 7.98. The molecule has 0 aliphatic carbocycles. The molecule has 0 aliphatic heterocycles. The van der Waals surface area contributed by atoms with E-state index in [0.29, 0.717) is 16.9 Å². The zero-order valence-corrected chi connectivity index (χ0v) is 16.3. The summed E-state index contributed by atoms with van der Waals surface area (Å²) in [5.41, 5.74) is 1.04. The van der Waals surface area contributed by atoms with Crippen LogP contribution in [-0.2, 0) is 16.6 Å². The van der Waals surface area contributed by atoms with Crippen molar-refractivity contribution in [2.75, 3.05) is 6.26 Å². The molecule has 0 unspecified atom stereocenters. The number of halogens is 2. The van der Waals surface area contributed by atoms with Gasteiger partial charge >= 0.3 is 0 Å². The zero-order chi connectivity index (χ0) is 20.5. The van der Waals surface area contributed by atoms with Gasteiger partial charge < -0.3 is 5.11 Å². The number of aromatic nitrogens is 2. The molecule has 148 valence electrons. The van der Waals surface area contributed by atoms with Gasteiger partial charge in [-0.2, -0.15) is 5.10 Å². The molecule has 10 heteroatoms. The van der Waals surface area contributed by atoms with Crippen molar-refractivity contribution in [2.45, 2.75) is 22.8 Å². The molecule has 0 spiro atoms. The quantitative estimate of drug-likeness (QED) is 0.591. The van der Waals surface area contributed by atoms with Crippen LogP contribution in [0, 0.1) is 0 Å². The fourth-order valence-electron chi connectivity index (χ4n) is 2.77. The Hall–Kier alpha value is -2.27. The minimum Gasteiger partial charge on any atom is -0.392 e. The standard InChI is InChI=1S/C18H17F2N3O3S2/c1-27-14-5-2-11(3-6-14)16-9-15(18(19)20)22-23(16)13-4-7-17(28(21,25)26)12(8-13)10-24/h2-9,18,24H,10H2,1H3,(H2,21,25,26). The van der Waals surface area contributed by atoms with E-state index in [4.69, 9.17) is 5.14 Å². The number of aliphatic hydroxyl groups excluding tert-OH is 1. The molecule has 0 saturated heterocycles. The Bertz CT molecular complexity index is 1100. The van der Waals surface area contributed by atoms with Crippen LogP contribution in [0.5, 0.6) is 0 Å². The van der Waals surface area contributed by atoms with E-state index >= 15 is 0 Å². The fraction of sp³-hybridized carbons (Fsp3) is 0.167. The average Bonchev–Trinajstić information content (AvgIpc) is 3.12. The summed E-state index contributed by atoms with van der Waals surface area (Å²) in [6, 6.07) is 12.6. The smallest absolute Gasteiger partial charge is 0.282 e. The lowest BCUT2D eigenvalue weighted by atomic mass is 10.1. The van der Waals surface area contributed by atoms with Crippen LogP contribution in [0.3, 0.4) is 0 Å². The number of primary sulfonamides is 1. The lowest BCUT2D eigenvalue weighted by Crippen LogP contribution is -2.15. The first-order chi connectivity index (χ1) is 13.2. The Morgan fingerprint density at radius 3 is 2.39 bits per heavy atom. The fourth-order valence-corrected chi connectivity index (χ4v) is 3.92. The van der Waals surface area contributed by atoms with Gasteiger partial charge in [-0.05, 0) is 48.2 Å². The molecule has 3 rings (SSSR count). The van der Waals surface area contributed by atoms with Crippen molar-refractivity contribution in [3.8, 4) is 16.9 Å². The molecule has 3 N–H and O–H groups in total. The second-order valence-corrected chi connectivity index (χ2v) is 8.30. The maximum Gasteiger partial charge on any atom is 0.282 e. The number of nitrogens with two attached hydrogens (primary N) is 1. The Balaban J connectivity index is 2.18. The summed E-state index contributed by atoms with van der Waals surface area (Å²) in [6.07, 6.45) is -0.844. The summed E-state index contributed by atoms with van der Waals surface area (Å²) in [6.45, 7) is -0.583. The minimum absolute atomic E-state index is 0.0535. The predicted octanol–water partition coefficient (Wildman–Crippen LogP) is 3.34. The van der Waals surface area contributed by atoms with E-state index in [2.05, 4.69) is 5.10 Å². The van der Waals surface area contributed by atoms with Crippen molar-refractivity contribution in [3.05, 3.63) is 59.8 Å². The van der Waals surface area contributed by atoms with Crippen LogP contribution in [0.2, 0.25) is 0 Å². The average molecular weight is 425 g/mol. The van der Waals surface area contributed by atoms with Gasteiger partial charge in [-0.15, -0.1) is 11.8 Å². The van der Waals surface area contributed by atoms with E-state index in [-0.39, 0.29) is 10.5 Å². The summed E-state index contributed by atoms with van der Waals surface area (Å²) < 4.78 is 51.1. The SMILES string of the molecule is CSc1ccc(-c2cc(C(F)F)nn2-c2ccc(S(N)(=O)=O)c(CO)c2)cc1. The number of rotatable bonds is 6. The zero-order valence-electron chi connectivity index (χ0n) is 14.7. The van der Waals surface area contributed by atoms with Gasteiger partial charge in [-0.1, -0.05) is 12.1 Å². The molecule has 1 heterocycles. The normalized spacial score (nSPS) is 11.9. The molecular weight excluding hydrogens is 408 g/mol. The van der Waals surface area contributed by atoms with Crippen LogP contribution in [0.25, 0.3) is 16.9 Å². The molecule has 0 bridgehead atoms. The Labute approximate surface area is 165 Å². The molecular formula is C18H17F2N3O3S2. The van der Waals surface area contributed by atoms with Crippen LogP contribution in [0.15, 0.2) is 58.3 Å². The molecule has 0 saturated carbocycles. The summed E-state index contributed by atoms with van der Waals surface area (Å²) in [7, 11) is -4.03. The first-order valence-corrected chi connectivity index (χ1v) is 10.8. The highest BCUT2D eigenvalue weighted by atomic mass is 32.2. The lowest BCUT2D eigenvalue weighted by molar-refractivity contribution is 0.145. The molecule has 1 aromatic heterocycles. The third-order valence-corrected chi connectivity index (χ3v) is 5.86. The molecule has 0 aliphatic rings. The van der Waals surface area contributed by atoms with E-state index < -0.39 is 28.7 Å². The van der Waals surface area contributed by atoms with Crippen molar-refractivity contribution in [3.63, 3.8) is 0 Å². The maximum atomic E-state index is 13.3. The number of aliphatic hydroxyl groups is 1.